The summed E-state index contributed by atoms with van der Waals surface area (Å²) in [6.45, 7) is 3.22. The molecule has 8 heavy (non-hydrogen) atoms. The Morgan fingerprint density at radius 2 is 2.38 bits per heavy atom. The largest absolute Gasteiger partial charge is 0.376 e. The third-order valence-electron chi connectivity index (χ3n) is 0.895. The van der Waals surface area contributed by atoms with Crippen LogP contribution in [-0.4, -0.2) is 19.9 Å². The minimum absolute atomic E-state index is 1.05. The van der Waals surface area contributed by atoms with E-state index < -0.39 is 0 Å². The van der Waals surface area contributed by atoms with Gasteiger partial charge in [-0.3, -0.25) is 4.99 Å². The van der Waals surface area contributed by atoms with Crippen molar-refractivity contribution in [1.82, 2.24) is 5.32 Å². The maximum atomic E-state index is 3.77. The van der Waals surface area contributed by atoms with E-state index in [0.29, 0.717) is 0 Å². The highest BCUT2D eigenvalue weighted by Crippen LogP contribution is 1.79. The number of nitrogens with zero attached hydrogens (tertiary/aromatic N) is 1. The molecule has 2 nitrogen and oxygen atoms in total. The van der Waals surface area contributed by atoms with Crippen molar-refractivity contribution in [2.75, 3.05) is 13.6 Å². The molecule has 2 heteroatoms. The fourth-order valence-electron chi connectivity index (χ4n) is 0.435. The van der Waals surface area contributed by atoms with Crippen LogP contribution in [0.5, 0.6) is 0 Å². The summed E-state index contributed by atoms with van der Waals surface area (Å²) in [5.41, 5.74) is 0. The van der Waals surface area contributed by atoms with Gasteiger partial charge in [-0.1, -0.05) is 13.3 Å². The summed E-state index contributed by atoms with van der Waals surface area (Å²) in [5.74, 6) is 0. The lowest BCUT2D eigenvalue weighted by Crippen LogP contribution is -2.11. The summed E-state index contributed by atoms with van der Waals surface area (Å²) < 4.78 is 0. The third kappa shape index (κ3) is 5.47. The molecule has 0 aromatic carbocycles. The van der Waals surface area contributed by atoms with Crippen molar-refractivity contribution in [3.05, 3.63) is 0 Å². The van der Waals surface area contributed by atoms with Gasteiger partial charge >= 0.3 is 0 Å². The van der Waals surface area contributed by atoms with Crippen LogP contribution >= 0.6 is 0 Å². The molecule has 0 saturated heterocycles. The minimum atomic E-state index is 1.05. The lowest BCUT2D eigenvalue weighted by molar-refractivity contribution is 0.760. The molecule has 0 aliphatic heterocycles. The van der Waals surface area contributed by atoms with Crippen LogP contribution in [0.3, 0.4) is 0 Å². The first-order valence-corrected chi connectivity index (χ1v) is 3.05. The van der Waals surface area contributed by atoms with Crippen LogP contribution in [0.25, 0.3) is 0 Å². The van der Waals surface area contributed by atoms with Gasteiger partial charge in [-0.15, -0.1) is 0 Å². The molecule has 0 fully saturated rings. The van der Waals surface area contributed by atoms with Crippen molar-refractivity contribution in [3.63, 3.8) is 0 Å². The van der Waals surface area contributed by atoms with Gasteiger partial charge in [0.05, 0.1) is 6.34 Å². The second kappa shape index (κ2) is 6.47. The molecule has 0 atom stereocenters. The average Bonchev–Trinajstić information content (AvgIpc) is 1.81. The molecule has 0 radical (unpaired) electrons. The summed E-state index contributed by atoms with van der Waals surface area (Å²) in [6, 6.07) is 0. The summed E-state index contributed by atoms with van der Waals surface area (Å²) in [6.07, 6.45) is 4.20. The van der Waals surface area contributed by atoms with Gasteiger partial charge in [-0.25, -0.2) is 0 Å². The Hall–Kier alpha value is -0.530. The van der Waals surface area contributed by atoms with E-state index in [9.17, 15) is 0 Å². The first-order chi connectivity index (χ1) is 3.91. The molecule has 0 aliphatic carbocycles. The number of hydrogen-bond donors (Lipinski definition) is 1. The molecule has 0 aromatic rings. The highest BCUT2D eigenvalue weighted by Gasteiger charge is 1.76. The molecule has 0 heterocycles. The highest BCUT2D eigenvalue weighted by atomic mass is 14.9. The van der Waals surface area contributed by atoms with E-state index in [1.807, 2.05) is 0 Å². The van der Waals surface area contributed by atoms with Crippen LogP contribution in [0.4, 0.5) is 0 Å². The Bertz CT molecular complexity index is 59.5. The second-order valence-corrected chi connectivity index (χ2v) is 1.69. The molecule has 48 valence electrons. The number of aliphatic imine (C=N–C) groups is 1. The van der Waals surface area contributed by atoms with Crippen molar-refractivity contribution in [1.29, 1.82) is 0 Å². The topological polar surface area (TPSA) is 24.4 Å². The molecular formula is C6H14N2. The van der Waals surface area contributed by atoms with Crippen molar-refractivity contribution in [2.24, 2.45) is 4.99 Å². The van der Waals surface area contributed by atoms with Crippen molar-refractivity contribution in [3.8, 4) is 0 Å². The molecule has 0 aliphatic rings. The van der Waals surface area contributed by atoms with Crippen LogP contribution in [0.15, 0.2) is 4.99 Å². The fraction of sp³-hybridized carbons (Fsp3) is 0.833. The molecule has 0 aromatic heterocycles. The van der Waals surface area contributed by atoms with Gasteiger partial charge in [0, 0.05) is 13.6 Å². The normalized spacial score (nSPS) is 10.2. The van der Waals surface area contributed by atoms with Crippen LogP contribution in [0, 0.1) is 0 Å². The monoisotopic (exact) mass is 114 g/mol. The van der Waals surface area contributed by atoms with Crippen molar-refractivity contribution >= 4 is 6.34 Å². The maximum Gasteiger partial charge on any atom is 0.0820 e. The first-order valence-electron chi connectivity index (χ1n) is 3.05. The zero-order valence-electron chi connectivity index (χ0n) is 5.65. The Morgan fingerprint density at radius 3 is 2.88 bits per heavy atom. The van der Waals surface area contributed by atoms with Gasteiger partial charge in [-0.05, 0) is 6.42 Å². The summed E-state index contributed by atoms with van der Waals surface area (Å²) in [5, 5.41) is 3.04. The summed E-state index contributed by atoms with van der Waals surface area (Å²) in [4.78, 5) is 3.77. The van der Waals surface area contributed by atoms with Gasteiger partial charge in [0.15, 0.2) is 0 Å². The van der Waals surface area contributed by atoms with Crippen molar-refractivity contribution < 1.29 is 0 Å². The second-order valence-electron chi connectivity index (χ2n) is 1.69. The van der Waals surface area contributed by atoms with E-state index in [1.54, 1.807) is 13.4 Å². The fourth-order valence-corrected chi connectivity index (χ4v) is 0.435. The Kier molecular flexibility index (Phi) is 6.04. The van der Waals surface area contributed by atoms with Gasteiger partial charge in [-0.2, -0.15) is 0 Å². The molecule has 0 spiro atoms. The lowest BCUT2D eigenvalue weighted by Gasteiger charge is -1.93. The summed E-state index contributed by atoms with van der Waals surface area (Å²) >= 11 is 0. The van der Waals surface area contributed by atoms with Crippen molar-refractivity contribution in [2.45, 2.75) is 19.8 Å². The SMILES string of the molecule is CCCCN/C=N/C. The minimum Gasteiger partial charge on any atom is -0.376 e. The van der Waals surface area contributed by atoms with E-state index in [-0.39, 0.29) is 0 Å². The number of unbranched alkanes of at least 4 members (excludes halogenated alkanes) is 1. The first kappa shape index (κ1) is 7.47. The maximum absolute atomic E-state index is 3.77. The van der Waals surface area contributed by atoms with Gasteiger partial charge in [0.1, 0.15) is 0 Å². The third-order valence-corrected chi connectivity index (χ3v) is 0.895. The zero-order chi connectivity index (χ0) is 6.24. The predicted octanol–water partition coefficient (Wildman–Crippen LogP) is 1.03. The smallest absolute Gasteiger partial charge is 0.0820 e. The van der Waals surface area contributed by atoms with Gasteiger partial charge in [0.2, 0.25) is 0 Å². The van der Waals surface area contributed by atoms with E-state index in [1.165, 1.54) is 12.8 Å². The highest BCUT2D eigenvalue weighted by molar-refractivity contribution is 5.53. The van der Waals surface area contributed by atoms with Gasteiger partial charge in [0.25, 0.3) is 0 Å². The standard InChI is InChI=1S/C6H14N2/c1-3-4-5-8-6-7-2/h6H,3-5H2,1-2H3,(H,7,8). The van der Waals surface area contributed by atoms with Crippen LogP contribution in [0.2, 0.25) is 0 Å². The Morgan fingerprint density at radius 1 is 1.62 bits per heavy atom. The van der Waals surface area contributed by atoms with Crippen LogP contribution < -0.4 is 5.32 Å². The van der Waals surface area contributed by atoms with Gasteiger partial charge < -0.3 is 5.32 Å². The molecule has 0 rings (SSSR count). The molecular weight excluding hydrogens is 100 g/mol. The molecule has 0 bridgehead atoms. The Balaban J connectivity index is 2.72. The number of rotatable bonds is 4. The summed E-state index contributed by atoms with van der Waals surface area (Å²) in [7, 11) is 1.76. The van der Waals surface area contributed by atoms with E-state index in [4.69, 9.17) is 0 Å². The van der Waals surface area contributed by atoms with E-state index in [0.717, 1.165) is 6.54 Å². The van der Waals surface area contributed by atoms with Crippen LogP contribution in [0.1, 0.15) is 19.8 Å². The average molecular weight is 114 g/mol. The molecule has 0 amide bonds. The quantitative estimate of drug-likeness (QED) is 0.329. The molecule has 0 unspecified atom stereocenters. The van der Waals surface area contributed by atoms with E-state index >= 15 is 0 Å². The predicted molar refractivity (Wildman–Crippen MR) is 37.3 cm³/mol. The number of nitrogens with one attached hydrogen (secondary N) is 1. The Labute approximate surface area is 51.0 Å². The lowest BCUT2D eigenvalue weighted by atomic mass is 10.3. The molecule has 0 saturated carbocycles. The zero-order valence-corrected chi connectivity index (χ0v) is 5.65. The number of hydrogen-bond acceptors (Lipinski definition) is 1. The molecule has 1 N–H and O–H groups in total. The van der Waals surface area contributed by atoms with E-state index in [2.05, 4.69) is 17.2 Å². The van der Waals surface area contributed by atoms with Crippen LogP contribution in [-0.2, 0) is 0 Å².